The van der Waals surface area contributed by atoms with E-state index < -0.39 is 29.5 Å². The van der Waals surface area contributed by atoms with Crippen molar-refractivity contribution < 1.29 is 38.8 Å². The summed E-state index contributed by atoms with van der Waals surface area (Å²) in [7, 11) is 0. The molecule has 1 unspecified atom stereocenters. The summed E-state index contributed by atoms with van der Waals surface area (Å²) in [5, 5.41) is 21.8. The highest BCUT2D eigenvalue weighted by atomic mass is 32.1. The second kappa shape index (κ2) is 12.0. The Bertz CT molecular complexity index is 1510. The van der Waals surface area contributed by atoms with Crippen molar-refractivity contribution >= 4 is 39.9 Å². The van der Waals surface area contributed by atoms with Gasteiger partial charge < -0.3 is 24.4 Å². The number of benzene rings is 2. The number of hydrogen-bond acceptors (Lipinski definition) is 10. The van der Waals surface area contributed by atoms with Gasteiger partial charge in [0, 0.05) is 5.56 Å². The maximum absolute atomic E-state index is 13.5. The van der Waals surface area contributed by atoms with E-state index in [0.717, 1.165) is 16.2 Å². The lowest BCUT2D eigenvalue weighted by Gasteiger charge is -2.23. The summed E-state index contributed by atoms with van der Waals surface area (Å²) in [4.78, 5) is 45.3. The second-order valence-electron chi connectivity index (χ2n) is 8.59. The molecule has 1 fully saturated rings. The van der Waals surface area contributed by atoms with E-state index in [1.807, 2.05) is 6.92 Å². The molecule has 0 saturated carbocycles. The number of rotatable bonds is 10. The smallest absolute Gasteiger partial charge is 0.350 e. The van der Waals surface area contributed by atoms with Crippen molar-refractivity contribution in [3.05, 3.63) is 82.4 Å². The average Bonchev–Trinajstić information content (AvgIpc) is 3.45. The number of nitrogens with zero attached hydrogens (tertiary/aromatic N) is 2. The van der Waals surface area contributed by atoms with Crippen LogP contribution in [0.5, 0.6) is 17.2 Å². The van der Waals surface area contributed by atoms with E-state index in [9.17, 15) is 24.6 Å². The minimum atomic E-state index is -1.15. The molecule has 40 heavy (non-hydrogen) atoms. The molecule has 0 aliphatic carbocycles. The van der Waals surface area contributed by atoms with Crippen LogP contribution in [-0.4, -0.2) is 52.7 Å². The number of carbonyl (C=O) groups is 3. The van der Waals surface area contributed by atoms with Gasteiger partial charge in [0.1, 0.15) is 23.0 Å². The van der Waals surface area contributed by atoms with Crippen LogP contribution in [0.3, 0.4) is 0 Å². The van der Waals surface area contributed by atoms with Crippen molar-refractivity contribution in [2.45, 2.75) is 26.8 Å². The third-order valence-electron chi connectivity index (χ3n) is 5.97. The predicted molar refractivity (Wildman–Crippen MR) is 149 cm³/mol. The van der Waals surface area contributed by atoms with Crippen molar-refractivity contribution in [1.82, 2.24) is 4.98 Å². The molecular weight excluding hydrogens is 536 g/mol. The van der Waals surface area contributed by atoms with Crippen LogP contribution in [0.25, 0.3) is 5.76 Å². The summed E-state index contributed by atoms with van der Waals surface area (Å²) in [6, 6.07) is 9.75. The Kier molecular flexibility index (Phi) is 8.54. The standard InChI is InChI=1S/C29H28N2O8S/c1-5-13-39-28(36)26-16(4)30-29(40-26)31-23(17-11-12-20(32)21(15-17)38-7-3)22(25(34)27(31)35)24(33)18-9-8-10-19(14-18)37-6-2/h5,8-12,14-15,23,32-33H,1,6-7,13H2,2-4H3/b24-22+. The Morgan fingerprint density at radius 2 is 1.90 bits per heavy atom. The molecule has 1 aliphatic heterocycles. The van der Waals surface area contributed by atoms with Crippen molar-refractivity contribution in [1.29, 1.82) is 0 Å². The molecule has 1 amide bonds. The predicted octanol–water partition coefficient (Wildman–Crippen LogP) is 4.92. The number of Topliss-reactive ketones (excluding diaryl/α,β-unsaturated/α-hetero) is 1. The zero-order chi connectivity index (χ0) is 29.0. The van der Waals surface area contributed by atoms with Gasteiger partial charge in [0.05, 0.1) is 30.5 Å². The number of aromatic nitrogens is 1. The first-order valence-electron chi connectivity index (χ1n) is 12.5. The number of hydrogen-bond donors (Lipinski definition) is 2. The molecule has 1 saturated heterocycles. The maximum Gasteiger partial charge on any atom is 0.350 e. The number of phenolic OH excluding ortho intramolecular Hbond substituents is 1. The number of carbonyl (C=O) groups excluding carboxylic acids is 3. The molecule has 0 bridgehead atoms. The molecule has 2 heterocycles. The van der Waals surface area contributed by atoms with E-state index in [1.165, 1.54) is 24.3 Å². The van der Waals surface area contributed by atoms with Crippen LogP contribution in [0.15, 0.2) is 60.7 Å². The number of ether oxygens (including phenoxy) is 3. The monoisotopic (exact) mass is 564 g/mol. The summed E-state index contributed by atoms with van der Waals surface area (Å²) in [5.74, 6) is -2.49. The number of thiazole rings is 1. The topological polar surface area (TPSA) is 135 Å². The van der Waals surface area contributed by atoms with E-state index in [-0.39, 0.29) is 45.9 Å². The molecule has 0 radical (unpaired) electrons. The summed E-state index contributed by atoms with van der Waals surface area (Å²) in [6.07, 6.45) is 1.43. The van der Waals surface area contributed by atoms with Gasteiger partial charge in [-0.1, -0.05) is 42.2 Å². The molecule has 1 aliphatic rings. The van der Waals surface area contributed by atoms with E-state index in [4.69, 9.17) is 14.2 Å². The van der Waals surface area contributed by atoms with Gasteiger partial charge >= 0.3 is 11.9 Å². The van der Waals surface area contributed by atoms with Gasteiger partial charge in [-0.15, -0.1) is 0 Å². The zero-order valence-electron chi connectivity index (χ0n) is 22.2. The fourth-order valence-corrected chi connectivity index (χ4v) is 5.23. The van der Waals surface area contributed by atoms with Crippen molar-refractivity contribution in [2.75, 3.05) is 24.7 Å². The molecule has 3 aromatic rings. The molecule has 2 aromatic carbocycles. The van der Waals surface area contributed by atoms with Crippen LogP contribution in [0.1, 0.15) is 46.4 Å². The van der Waals surface area contributed by atoms with Gasteiger partial charge in [-0.25, -0.2) is 9.78 Å². The largest absolute Gasteiger partial charge is 0.507 e. The molecule has 2 N–H and O–H groups in total. The highest BCUT2D eigenvalue weighted by Crippen LogP contribution is 2.45. The summed E-state index contributed by atoms with van der Waals surface area (Å²) < 4.78 is 16.2. The molecule has 1 aromatic heterocycles. The van der Waals surface area contributed by atoms with Crippen LogP contribution in [0.4, 0.5) is 5.13 Å². The average molecular weight is 565 g/mol. The number of phenols is 1. The number of aromatic hydroxyl groups is 1. The van der Waals surface area contributed by atoms with Gasteiger partial charge in [0.15, 0.2) is 16.6 Å². The first-order chi connectivity index (χ1) is 19.2. The van der Waals surface area contributed by atoms with E-state index in [2.05, 4.69) is 11.6 Å². The molecule has 208 valence electrons. The van der Waals surface area contributed by atoms with Crippen LogP contribution in [-0.2, 0) is 14.3 Å². The minimum absolute atomic E-state index is 0.00938. The lowest BCUT2D eigenvalue weighted by Crippen LogP contribution is -2.29. The van der Waals surface area contributed by atoms with E-state index in [1.54, 1.807) is 38.1 Å². The Balaban J connectivity index is 1.92. The third-order valence-corrected chi connectivity index (χ3v) is 7.11. The molecular formula is C29H28N2O8S. The SMILES string of the molecule is C=CCOC(=O)c1sc(N2C(=O)C(=O)/C(=C(/O)c3cccc(OCC)c3)C2c2ccc(O)c(OCC)c2)nc1C. The fraction of sp³-hybridized carbons (Fsp3) is 0.241. The summed E-state index contributed by atoms with van der Waals surface area (Å²) in [6.45, 7) is 9.31. The van der Waals surface area contributed by atoms with Gasteiger partial charge in [-0.05, 0) is 50.6 Å². The van der Waals surface area contributed by atoms with E-state index in [0.29, 0.717) is 23.6 Å². The van der Waals surface area contributed by atoms with Crippen molar-refractivity contribution in [3.63, 3.8) is 0 Å². The Hall–Kier alpha value is -4.64. The van der Waals surface area contributed by atoms with Crippen molar-refractivity contribution in [3.8, 4) is 17.2 Å². The lowest BCUT2D eigenvalue weighted by atomic mass is 9.95. The van der Waals surface area contributed by atoms with Gasteiger partial charge in [0.25, 0.3) is 5.78 Å². The maximum atomic E-state index is 13.5. The van der Waals surface area contributed by atoms with E-state index >= 15 is 0 Å². The molecule has 0 spiro atoms. The Labute approximate surface area is 234 Å². The highest BCUT2D eigenvalue weighted by molar-refractivity contribution is 7.17. The number of amides is 1. The minimum Gasteiger partial charge on any atom is -0.507 e. The Morgan fingerprint density at radius 3 is 2.60 bits per heavy atom. The quantitative estimate of drug-likeness (QED) is 0.116. The van der Waals surface area contributed by atoms with Crippen molar-refractivity contribution in [2.24, 2.45) is 0 Å². The number of aryl methyl sites for hydroxylation is 1. The van der Waals surface area contributed by atoms with Crippen LogP contribution < -0.4 is 14.4 Å². The first-order valence-corrected chi connectivity index (χ1v) is 13.3. The number of aliphatic hydroxyl groups is 1. The zero-order valence-corrected chi connectivity index (χ0v) is 23.0. The van der Waals surface area contributed by atoms with Gasteiger partial charge in [-0.2, -0.15) is 0 Å². The van der Waals surface area contributed by atoms with Crippen LogP contribution in [0.2, 0.25) is 0 Å². The molecule has 1 atom stereocenters. The van der Waals surface area contributed by atoms with Crippen LogP contribution >= 0.6 is 11.3 Å². The highest BCUT2D eigenvalue weighted by Gasteiger charge is 2.48. The third kappa shape index (κ3) is 5.41. The Morgan fingerprint density at radius 1 is 1.15 bits per heavy atom. The normalized spacial score (nSPS) is 16.2. The molecule has 11 heteroatoms. The number of anilines is 1. The summed E-state index contributed by atoms with van der Waals surface area (Å²) >= 11 is 0.884. The van der Waals surface area contributed by atoms with Gasteiger partial charge in [-0.3, -0.25) is 14.5 Å². The number of aliphatic hydroxyl groups excluding tert-OH is 1. The first kappa shape index (κ1) is 28.4. The number of ketones is 1. The van der Waals surface area contributed by atoms with Gasteiger partial charge in [0.2, 0.25) is 0 Å². The van der Waals surface area contributed by atoms with Crippen LogP contribution in [0, 0.1) is 6.92 Å². The molecule has 10 nitrogen and oxygen atoms in total. The summed E-state index contributed by atoms with van der Waals surface area (Å²) in [5.41, 5.74) is 0.739. The lowest BCUT2D eigenvalue weighted by molar-refractivity contribution is -0.132. The number of esters is 1. The second-order valence-corrected chi connectivity index (χ2v) is 9.57. The fourth-order valence-electron chi connectivity index (χ4n) is 4.25. The molecule has 4 rings (SSSR count).